The smallest absolute Gasteiger partial charge is 0.291 e. The van der Waals surface area contributed by atoms with Crippen molar-refractivity contribution in [2.75, 3.05) is 0 Å². The number of pyridine rings is 1. The third-order valence-corrected chi connectivity index (χ3v) is 2.99. The first-order chi connectivity index (χ1) is 7.33. The number of fused-ring (bicyclic) bond motifs is 1. The van der Waals surface area contributed by atoms with E-state index >= 15 is 0 Å². The first kappa shape index (κ1) is 8.71. The lowest BCUT2D eigenvalue weighted by Gasteiger charge is -1.97. The first-order valence-electron chi connectivity index (χ1n) is 5.37. The van der Waals surface area contributed by atoms with Crippen LogP contribution in [-0.4, -0.2) is 14.1 Å². The summed E-state index contributed by atoms with van der Waals surface area (Å²) < 4.78 is 3.71. The van der Waals surface area contributed by atoms with Gasteiger partial charge in [-0.2, -0.15) is 0 Å². The van der Waals surface area contributed by atoms with Crippen LogP contribution in [0.4, 0.5) is 0 Å². The van der Waals surface area contributed by atoms with Crippen molar-refractivity contribution < 1.29 is 0 Å². The molecule has 4 heteroatoms. The van der Waals surface area contributed by atoms with E-state index in [1.165, 1.54) is 0 Å². The van der Waals surface area contributed by atoms with E-state index in [9.17, 15) is 4.79 Å². The van der Waals surface area contributed by atoms with Gasteiger partial charge in [-0.15, -0.1) is 0 Å². The van der Waals surface area contributed by atoms with Crippen LogP contribution in [0.5, 0.6) is 0 Å². The Morgan fingerprint density at radius 3 is 2.93 bits per heavy atom. The number of aromatic nitrogens is 3. The Hall–Kier alpha value is -1.58. The molecule has 1 aliphatic rings. The zero-order valence-corrected chi connectivity index (χ0v) is 8.68. The van der Waals surface area contributed by atoms with Crippen molar-refractivity contribution in [2.24, 2.45) is 0 Å². The van der Waals surface area contributed by atoms with Gasteiger partial charge in [-0.1, -0.05) is 0 Å². The Labute approximate surface area is 87.2 Å². The summed E-state index contributed by atoms with van der Waals surface area (Å²) in [6.45, 7) is 2.70. The Morgan fingerprint density at radius 2 is 2.27 bits per heavy atom. The molecule has 0 aliphatic heterocycles. The molecule has 78 valence electrons. The molecule has 2 aromatic rings. The van der Waals surface area contributed by atoms with Crippen molar-refractivity contribution in [1.82, 2.24) is 14.1 Å². The van der Waals surface area contributed by atoms with Gasteiger partial charge in [0.2, 0.25) is 0 Å². The van der Waals surface area contributed by atoms with Crippen LogP contribution in [0.25, 0.3) is 11.0 Å². The second-order valence-corrected chi connectivity index (χ2v) is 3.99. The van der Waals surface area contributed by atoms with Gasteiger partial charge in [-0.05, 0) is 25.8 Å². The summed E-state index contributed by atoms with van der Waals surface area (Å²) in [4.78, 5) is 16.2. The summed E-state index contributed by atoms with van der Waals surface area (Å²) in [6, 6.07) is 2.36. The highest BCUT2D eigenvalue weighted by molar-refractivity contribution is 5.75. The van der Waals surface area contributed by atoms with Gasteiger partial charge in [0.05, 0.1) is 17.2 Å². The van der Waals surface area contributed by atoms with E-state index < -0.39 is 0 Å². The fourth-order valence-electron chi connectivity index (χ4n) is 2.12. The van der Waals surface area contributed by atoms with Crippen molar-refractivity contribution >= 4 is 11.0 Å². The molecule has 1 fully saturated rings. The molecule has 2 aromatic heterocycles. The Kier molecular flexibility index (Phi) is 1.71. The van der Waals surface area contributed by atoms with Gasteiger partial charge in [0.15, 0.2) is 0 Å². The summed E-state index contributed by atoms with van der Waals surface area (Å²) in [5.41, 5.74) is 2.10. The van der Waals surface area contributed by atoms with Crippen LogP contribution < -0.4 is 5.69 Å². The minimum atomic E-state index is 0.114. The standard InChI is InChI=1S/C11H13N3O/c1-2-13-10-7-12-6-5-9(10)14(11(13)15)8-3-4-8/h5-8H,2-4H2,1H3. The SMILES string of the molecule is CCn1c(=O)n(C2CC2)c2ccncc21. The number of imidazole rings is 1. The lowest BCUT2D eigenvalue weighted by molar-refractivity contribution is 0.660. The summed E-state index contributed by atoms with van der Waals surface area (Å²) in [5, 5.41) is 0. The van der Waals surface area contributed by atoms with Crippen molar-refractivity contribution in [3.63, 3.8) is 0 Å². The maximum absolute atomic E-state index is 12.1. The zero-order valence-electron chi connectivity index (χ0n) is 8.68. The Balaban J connectivity index is 2.42. The molecule has 0 aromatic carbocycles. The number of aryl methyl sites for hydroxylation is 1. The maximum Gasteiger partial charge on any atom is 0.329 e. The van der Waals surface area contributed by atoms with E-state index in [-0.39, 0.29) is 5.69 Å². The molecule has 0 saturated heterocycles. The van der Waals surface area contributed by atoms with E-state index in [2.05, 4.69) is 4.98 Å². The highest BCUT2D eigenvalue weighted by Gasteiger charge is 2.28. The molecule has 15 heavy (non-hydrogen) atoms. The van der Waals surface area contributed by atoms with E-state index in [4.69, 9.17) is 0 Å². The van der Waals surface area contributed by atoms with E-state index in [0.717, 1.165) is 23.9 Å². The maximum atomic E-state index is 12.1. The average molecular weight is 203 g/mol. The van der Waals surface area contributed by atoms with Crippen molar-refractivity contribution in [3.8, 4) is 0 Å². The lowest BCUT2D eigenvalue weighted by Crippen LogP contribution is -2.23. The molecule has 1 saturated carbocycles. The van der Waals surface area contributed by atoms with Gasteiger partial charge in [-0.25, -0.2) is 4.79 Å². The summed E-state index contributed by atoms with van der Waals surface area (Å²) in [6.07, 6.45) is 5.79. The topological polar surface area (TPSA) is 39.8 Å². The second kappa shape index (κ2) is 2.95. The second-order valence-electron chi connectivity index (χ2n) is 3.99. The quantitative estimate of drug-likeness (QED) is 0.743. The molecule has 0 N–H and O–H groups in total. The van der Waals surface area contributed by atoms with Gasteiger partial charge in [0.1, 0.15) is 0 Å². The Morgan fingerprint density at radius 1 is 1.47 bits per heavy atom. The van der Waals surface area contributed by atoms with Crippen molar-refractivity contribution in [2.45, 2.75) is 32.4 Å². The average Bonchev–Trinajstić information content (AvgIpc) is 3.02. The van der Waals surface area contributed by atoms with Crippen LogP contribution >= 0.6 is 0 Å². The van der Waals surface area contributed by atoms with E-state index in [0.29, 0.717) is 12.6 Å². The minimum Gasteiger partial charge on any atom is -0.291 e. The van der Waals surface area contributed by atoms with Gasteiger partial charge < -0.3 is 0 Å². The summed E-state index contributed by atoms with van der Waals surface area (Å²) >= 11 is 0. The third kappa shape index (κ3) is 1.14. The minimum absolute atomic E-state index is 0.114. The van der Waals surface area contributed by atoms with Crippen LogP contribution in [-0.2, 0) is 6.54 Å². The molecule has 0 amide bonds. The molecule has 0 radical (unpaired) electrons. The van der Waals surface area contributed by atoms with Crippen LogP contribution in [0, 0.1) is 0 Å². The van der Waals surface area contributed by atoms with Gasteiger partial charge in [-0.3, -0.25) is 14.1 Å². The van der Waals surface area contributed by atoms with Crippen LogP contribution in [0.1, 0.15) is 25.8 Å². The molecule has 0 atom stereocenters. The van der Waals surface area contributed by atoms with Gasteiger partial charge >= 0.3 is 5.69 Å². The third-order valence-electron chi connectivity index (χ3n) is 2.99. The highest BCUT2D eigenvalue weighted by Crippen LogP contribution is 2.35. The highest BCUT2D eigenvalue weighted by atomic mass is 16.1. The fourth-order valence-corrected chi connectivity index (χ4v) is 2.12. The van der Waals surface area contributed by atoms with E-state index in [1.54, 1.807) is 17.0 Å². The van der Waals surface area contributed by atoms with Crippen molar-refractivity contribution in [3.05, 3.63) is 28.9 Å². The molecule has 0 unspecified atom stereocenters. The van der Waals surface area contributed by atoms with Crippen LogP contribution in [0.3, 0.4) is 0 Å². The van der Waals surface area contributed by atoms with Crippen molar-refractivity contribution in [1.29, 1.82) is 0 Å². The largest absolute Gasteiger partial charge is 0.329 e. The lowest BCUT2D eigenvalue weighted by atomic mass is 10.4. The predicted octanol–water partition coefficient (Wildman–Crippen LogP) is 1.55. The fraction of sp³-hybridized carbons (Fsp3) is 0.455. The summed E-state index contributed by atoms with van der Waals surface area (Å²) in [7, 11) is 0. The molecule has 0 bridgehead atoms. The predicted molar refractivity (Wildman–Crippen MR) is 57.9 cm³/mol. The molecule has 2 heterocycles. The normalized spacial score (nSPS) is 16.1. The first-order valence-corrected chi connectivity index (χ1v) is 5.37. The zero-order chi connectivity index (χ0) is 10.4. The number of rotatable bonds is 2. The van der Waals surface area contributed by atoms with Gasteiger partial charge in [0, 0.05) is 18.8 Å². The number of hydrogen-bond acceptors (Lipinski definition) is 2. The molecular formula is C11H13N3O. The van der Waals surface area contributed by atoms with Crippen LogP contribution in [0.2, 0.25) is 0 Å². The monoisotopic (exact) mass is 203 g/mol. The number of hydrogen-bond donors (Lipinski definition) is 0. The molecule has 0 spiro atoms. The van der Waals surface area contributed by atoms with Crippen LogP contribution in [0.15, 0.2) is 23.3 Å². The molecular weight excluding hydrogens is 190 g/mol. The van der Waals surface area contributed by atoms with E-state index in [1.807, 2.05) is 17.6 Å². The molecule has 4 nitrogen and oxygen atoms in total. The summed E-state index contributed by atoms with van der Waals surface area (Å²) in [5.74, 6) is 0. The molecule has 3 rings (SSSR count). The van der Waals surface area contributed by atoms with Gasteiger partial charge in [0.25, 0.3) is 0 Å². The Bertz CT molecular complexity index is 563. The molecule has 1 aliphatic carbocycles. The number of nitrogens with zero attached hydrogens (tertiary/aromatic N) is 3.